The van der Waals surface area contributed by atoms with E-state index < -0.39 is 5.92 Å². The zero-order valence-corrected chi connectivity index (χ0v) is 11.7. The van der Waals surface area contributed by atoms with Crippen LogP contribution in [-0.2, 0) is 9.53 Å². The second-order valence-corrected chi connectivity index (χ2v) is 5.48. The van der Waals surface area contributed by atoms with Gasteiger partial charge in [0.2, 0.25) is 5.88 Å². The Bertz CT molecular complexity index is 698. The number of nitrogens with zero attached hydrogens (tertiary/aromatic N) is 2. The highest BCUT2D eigenvalue weighted by atomic mass is 16.5. The number of nitrogens with two attached hydrogens (primary N) is 1. The molecule has 2 aliphatic rings. The molecule has 5 heteroatoms. The number of hydrogen-bond donors (Lipinski definition) is 1. The van der Waals surface area contributed by atoms with Crippen LogP contribution in [0.3, 0.4) is 0 Å². The molecular formula is C16H15N3O2. The summed E-state index contributed by atoms with van der Waals surface area (Å²) in [5, 5.41) is 9.40. The standard InChI is InChI=1S/C16H15N3O2/c1-9-5-12(20)15-13(6-9)21-16(18)11(7-17)14(15)10-3-2-4-19-8-10/h2-4,8-9,14H,5-6,18H2,1H3. The Morgan fingerprint density at radius 3 is 2.95 bits per heavy atom. The van der Waals surface area contributed by atoms with Crippen LogP contribution in [-0.4, -0.2) is 10.8 Å². The zero-order valence-electron chi connectivity index (χ0n) is 11.7. The molecule has 1 aliphatic heterocycles. The molecule has 0 saturated carbocycles. The number of ketones is 1. The van der Waals surface area contributed by atoms with Gasteiger partial charge >= 0.3 is 0 Å². The third-order valence-corrected chi connectivity index (χ3v) is 3.88. The molecule has 0 fully saturated rings. The van der Waals surface area contributed by atoms with E-state index in [1.165, 1.54) is 0 Å². The molecule has 0 spiro atoms. The molecule has 106 valence electrons. The van der Waals surface area contributed by atoms with Gasteiger partial charge in [0.05, 0.1) is 5.92 Å². The Morgan fingerprint density at radius 1 is 1.48 bits per heavy atom. The van der Waals surface area contributed by atoms with Crippen LogP contribution in [0.1, 0.15) is 31.2 Å². The van der Waals surface area contributed by atoms with Crippen molar-refractivity contribution in [2.24, 2.45) is 11.7 Å². The Balaban J connectivity index is 2.17. The number of ether oxygens (including phenoxy) is 1. The molecule has 0 radical (unpaired) electrons. The summed E-state index contributed by atoms with van der Waals surface area (Å²) in [6.07, 6.45) is 4.45. The molecular weight excluding hydrogens is 266 g/mol. The molecule has 2 heterocycles. The lowest BCUT2D eigenvalue weighted by Gasteiger charge is -2.32. The number of rotatable bonds is 1. The first-order valence-electron chi connectivity index (χ1n) is 6.85. The van der Waals surface area contributed by atoms with E-state index in [1.54, 1.807) is 18.5 Å². The van der Waals surface area contributed by atoms with E-state index in [0.717, 1.165) is 5.56 Å². The lowest BCUT2D eigenvalue weighted by atomic mass is 9.76. The van der Waals surface area contributed by atoms with Crippen LogP contribution >= 0.6 is 0 Å². The van der Waals surface area contributed by atoms with Gasteiger partial charge in [0.1, 0.15) is 17.4 Å². The minimum atomic E-state index is -0.465. The SMILES string of the molecule is CC1CC(=O)C2=C(C1)OC(N)=C(C#N)C2c1cccnc1. The summed E-state index contributed by atoms with van der Waals surface area (Å²) in [4.78, 5) is 16.5. The van der Waals surface area contributed by atoms with Crippen LogP contribution in [0.5, 0.6) is 0 Å². The van der Waals surface area contributed by atoms with Crippen molar-refractivity contribution in [2.45, 2.75) is 25.7 Å². The number of carbonyl (C=O) groups is 1. The maximum atomic E-state index is 12.5. The first-order valence-corrected chi connectivity index (χ1v) is 6.85. The molecule has 2 unspecified atom stereocenters. The second-order valence-electron chi connectivity index (χ2n) is 5.48. The van der Waals surface area contributed by atoms with Crippen molar-refractivity contribution >= 4 is 5.78 Å². The van der Waals surface area contributed by atoms with Gasteiger partial charge in [-0.1, -0.05) is 13.0 Å². The maximum absolute atomic E-state index is 12.5. The van der Waals surface area contributed by atoms with Crippen LogP contribution in [0, 0.1) is 17.2 Å². The molecule has 3 rings (SSSR count). The van der Waals surface area contributed by atoms with Crippen molar-refractivity contribution in [2.75, 3.05) is 0 Å². The van der Waals surface area contributed by atoms with Crippen LogP contribution in [0.4, 0.5) is 0 Å². The Labute approximate surface area is 122 Å². The molecule has 2 N–H and O–H groups in total. The average molecular weight is 281 g/mol. The largest absolute Gasteiger partial charge is 0.444 e. The molecule has 5 nitrogen and oxygen atoms in total. The number of pyridine rings is 1. The van der Waals surface area contributed by atoms with E-state index >= 15 is 0 Å². The minimum absolute atomic E-state index is 0.0258. The van der Waals surface area contributed by atoms with Gasteiger partial charge in [-0.15, -0.1) is 0 Å². The van der Waals surface area contributed by atoms with Gasteiger partial charge in [-0.2, -0.15) is 5.26 Å². The molecule has 1 aromatic heterocycles. The first-order chi connectivity index (χ1) is 10.1. The quantitative estimate of drug-likeness (QED) is 0.851. The Kier molecular flexibility index (Phi) is 3.22. The van der Waals surface area contributed by atoms with Gasteiger partial charge < -0.3 is 10.5 Å². The second kappa shape index (κ2) is 5.06. The predicted octanol–water partition coefficient (Wildman–Crippen LogP) is 2.14. The third-order valence-electron chi connectivity index (χ3n) is 3.88. The Hall–Kier alpha value is -2.61. The zero-order chi connectivity index (χ0) is 15.0. The Morgan fingerprint density at radius 2 is 2.29 bits per heavy atom. The van der Waals surface area contributed by atoms with Gasteiger partial charge in [0, 0.05) is 30.8 Å². The van der Waals surface area contributed by atoms with Crippen LogP contribution in [0.2, 0.25) is 0 Å². The van der Waals surface area contributed by atoms with Crippen LogP contribution in [0.25, 0.3) is 0 Å². The number of Topliss-reactive ketones (excluding diaryl/α,β-unsaturated/α-hetero) is 1. The predicted molar refractivity (Wildman–Crippen MR) is 75.3 cm³/mol. The molecule has 0 amide bonds. The van der Waals surface area contributed by atoms with E-state index in [4.69, 9.17) is 10.5 Å². The van der Waals surface area contributed by atoms with E-state index in [-0.39, 0.29) is 23.2 Å². The minimum Gasteiger partial charge on any atom is -0.444 e. The molecule has 1 aromatic rings. The number of nitriles is 1. The van der Waals surface area contributed by atoms with E-state index in [0.29, 0.717) is 24.2 Å². The number of carbonyl (C=O) groups excluding carboxylic acids is 1. The highest BCUT2D eigenvalue weighted by Crippen LogP contribution is 2.44. The first kappa shape index (κ1) is 13.4. The van der Waals surface area contributed by atoms with Gasteiger partial charge in [0.15, 0.2) is 5.78 Å². The van der Waals surface area contributed by atoms with Gasteiger partial charge in [0.25, 0.3) is 0 Å². The van der Waals surface area contributed by atoms with E-state index in [9.17, 15) is 10.1 Å². The normalized spacial score (nSPS) is 25.2. The number of hydrogen-bond acceptors (Lipinski definition) is 5. The van der Waals surface area contributed by atoms with Gasteiger partial charge in [-0.05, 0) is 17.5 Å². The summed E-state index contributed by atoms with van der Waals surface area (Å²) < 4.78 is 5.56. The molecule has 2 atom stereocenters. The molecule has 0 saturated heterocycles. The topological polar surface area (TPSA) is 89.0 Å². The summed E-state index contributed by atoms with van der Waals surface area (Å²) in [5.74, 6) is 0.476. The van der Waals surface area contributed by atoms with Gasteiger partial charge in [-0.3, -0.25) is 9.78 Å². The molecule has 21 heavy (non-hydrogen) atoms. The monoisotopic (exact) mass is 281 g/mol. The van der Waals surface area contributed by atoms with Crippen LogP contribution < -0.4 is 5.73 Å². The van der Waals surface area contributed by atoms with Crippen LogP contribution in [0.15, 0.2) is 47.3 Å². The van der Waals surface area contributed by atoms with Crippen molar-refractivity contribution in [1.29, 1.82) is 5.26 Å². The third kappa shape index (κ3) is 2.19. The van der Waals surface area contributed by atoms with Crippen molar-refractivity contribution in [3.63, 3.8) is 0 Å². The maximum Gasteiger partial charge on any atom is 0.205 e. The fourth-order valence-corrected chi connectivity index (χ4v) is 2.97. The van der Waals surface area contributed by atoms with Crippen molar-refractivity contribution < 1.29 is 9.53 Å². The smallest absolute Gasteiger partial charge is 0.205 e. The fourth-order valence-electron chi connectivity index (χ4n) is 2.97. The number of allylic oxidation sites excluding steroid dienone is 3. The summed E-state index contributed by atoms with van der Waals surface area (Å²) in [6, 6.07) is 5.72. The average Bonchev–Trinajstić information content (AvgIpc) is 2.46. The molecule has 0 bridgehead atoms. The molecule has 0 aromatic carbocycles. The van der Waals surface area contributed by atoms with Crippen molar-refractivity contribution in [1.82, 2.24) is 4.98 Å². The fraction of sp³-hybridized carbons (Fsp3) is 0.312. The van der Waals surface area contributed by atoms with Crippen molar-refractivity contribution in [3.8, 4) is 6.07 Å². The number of aromatic nitrogens is 1. The summed E-state index contributed by atoms with van der Waals surface area (Å²) in [7, 11) is 0. The lowest BCUT2D eigenvalue weighted by Crippen LogP contribution is -2.29. The van der Waals surface area contributed by atoms with E-state index in [1.807, 2.05) is 13.0 Å². The summed E-state index contributed by atoms with van der Waals surface area (Å²) in [6.45, 7) is 2.00. The lowest BCUT2D eigenvalue weighted by molar-refractivity contribution is -0.117. The summed E-state index contributed by atoms with van der Waals surface area (Å²) >= 11 is 0. The van der Waals surface area contributed by atoms with E-state index in [2.05, 4.69) is 11.1 Å². The molecule has 1 aliphatic carbocycles. The van der Waals surface area contributed by atoms with Gasteiger partial charge in [-0.25, -0.2) is 0 Å². The highest BCUT2D eigenvalue weighted by molar-refractivity contribution is 5.99. The summed E-state index contributed by atoms with van der Waals surface area (Å²) in [5.41, 5.74) is 7.52. The highest BCUT2D eigenvalue weighted by Gasteiger charge is 2.39. The van der Waals surface area contributed by atoms with Crippen molar-refractivity contribution in [3.05, 3.63) is 52.9 Å².